The Kier molecular flexibility index (Phi) is 2.67. The maximum Gasteiger partial charge on any atom is 0.161 e. The van der Waals surface area contributed by atoms with Gasteiger partial charge in [-0.15, -0.1) is 18.3 Å². The van der Waals surface area contributed by atoms with Gasteiger partial charge in [-0.2, -0.15) is 0 Å². The summed E-state index contributed by atoms with van der Waals surface area (Å²) in [6, 6.07) is 0. The Morgan fingerprint density at radius 2 is 2.50 bits per heavy atom. The highest BCUT2D eigenvalue weighted by molar-refractivity contribution is 8.03. The fraction of sp³-hybridized carbons (Fsp3) is 0.500. The third-order valence-electron chi connectivity index (χ3n) is 1.71. The Morgan fingerprint density at radius 1 is 1.83 bits per heavy atom. The van der Waals surface area contributed by atoms with Crippen molar-refractivity contribution in [3.63, 3.8) is 0 Å². The van der Waals surface area contributed by atoms with Crippen LogP contribution < -0.4 is 0 Å². The van der Waals surface area contributed by atoms with Crippen LogP contribution in [0.15, 0.2) is 17.8 Å². The molecule has 0 saturated carbocycles. The van der Waals surface area contributed by atoms with E-state index in [1.807, 2.05) is 24.6 Å². The lowest BCUT2D eigenvalue weighted by Gasteiger charge is -2.19. The molecule has 12 heavy (non-hydrogen) atoms. The summed E-state index contributed by atoms with van der Waals surface area (Å²) >= 11 is 1.64. The van der Waals surface area contributed by atoms with E-state index in [2.05, 4.69) is 11.7 Å². The molecule has 0 atom stereocenters. The number of nitrogens with zero attached hydrogens (tertiary/aromatic N) is 2. The number of oxime groups is 1. The summed E-state index contributed by atoms with van der Waals surface area (Å²) in [7, 11) is 0. The lowest BCUT2D eigenvalue weighted by molar-refractivity contribution is 0.307. The molecule has 1 saturated heterocycles. The van der Waals surface area contributed by atoms with Crippen molar-refractivity contribution in [2.75, 3.05) is 6.54 Å². The predicted molar refractivity (Wildman–Crippen MR) is 52.1 cm³/mol. The highest BCUT2D eigenvalue weighted by Crippen LogP contribution is 2.38. The van der Waals surface area contributed by atoms with Gasteiger partial charge in [-0.25, -0.2) is 0 Å². The van der Waals surface area contributed by atoms with Gasteiger partial charge in [-0.05, 0) is 13.8 Å². The minimum atomic E-state index is -0.127. The van der Waals surface area contributed by atoms with Crippen LogP contribution in [0.3, 0.4) is 0 Å². The number of hydrogen-bond donors (Lipinski definition) is 1. The smallest absolute Gasteiger partial charge is 0.161 e. The van der Waals surface area contributed by atoms with Crippen molar-refractivity contribution in [3.8, 4) is 0 Å². The van der Waals surface area contributed by atoms with E-state index in [0.717, 1.165) is 0 Å². The van der Waals surface area contributed by atoms with Gasteiger partial charge in [0.15, 0.2) is 5.84 Å². The third-order valence-corrected chi connectivity index (χ3v) is 2.84. The summed E-state index contributed by atoms with van der Waals surface area (Å²) in [6.07, 6.45) is 1.78. The fourth-order valence-corrected chi connectivity index (χ4v) is 1.93. The Hall–Kier alpha value is -0.640. The summed E-state index contributed by atoms with van der Waals surface area (Å²) in [4.78, 5) is 1.89. The standard InChI is InChI=1S/C8H13N2OS/c1-4-5-10-6-12-8(2,3)7(10)9-11/h4,6,11H,1,5H2,2-3H3. The molecule has 0 spiro atoms. The van der Waals surface area contributed by atoms with Crippen molar-refractivity contribution in [1.29, 1.82) is 0 Å². The third kappa shape index (κ3) is 1.58. The molecule has 0 aliphatic carbocycles. The van der Waals surface area contributed by atoms with Crippen molar-refractivity contribution in [2.45, 2.75) is 18.6 Å². The molecule has 0 unspecified atom stereocenters. The number of rotatable bonds is 2. The minimum absolute atomic E-state index is 0.127. The second kappa shape index (κ2) is 3.39. The van der Waals surface area contributed by atoms with Crippen LogP contribution in [0.4, 0.5) is 0 Å². The zero-order valence-electron chi connectivity index (χ0n) is 7.32. The van der Waals surface area contributed by atoms with Gasteiger partial charge in [0.05, 0.1) is 4.75 Å². The van der Waals surface area contributed by atoms with Gasteiger partial charge in [0, 0.05) is 6.54 Å². The molecule has 0 aromatic heterocycles. The normalized spacial score (nSPS) is 24.8. The number of thioether (sulfide) groups is 1. The van der Waals surface area contributed by atoms with Gasteiger partial charge >= 0.3 is 0 Å². The molecular formula is C8H13N2OS. The number of hydrogen-bond acceptors (Lipinski definition) is 3. The van der Waals surface area contributed by atoms with Crippen LogP contribution in [0.2, 0.25) is 0 Å². The molecule has 0 aromatic carbocycles. The van der Waals surface area contributed by atoms with Crippen LogP contribution in [-0.4, -0.2) is 27.2 Å². The van der Waals surface area contributed by atoms with E-state index in [1.165, 1.54) is 0 Å². The van der Waals surface area contributed by atoms with E-state index in [4.69, 9.17) is 5.21 Å². The maximum atomic E-state index is 8.78. The molecule has 1 radical (unpaired) electrons. The molecule has 0 amide bonds. The molecular weight excluding hydrogens is 172 g/mol. The first-order chi connectivity index (χ1) is 5.61. The van der Waals surface area contributed by atoms with E-state index in [-0.39, 0.29) is 4.75 Å². The Balaban J connectivity index is 2.77. The summed E-state index contributed by atoms with van der Waals surface area (Å²) in [5.74, 6) is 2.64. The SMILES string of the molecule is C=CCN1[CH]SC(C)(C)C1=NO. The van der Waals surface area contributed by atoms with Gasteiger partial charge in [0.2, 0.25) is 0 Å². The molecule has 1 N–H and O–H groups in total. The molecule has 4 heteroatoms. The summed E-state index contributed by atoms with van der Waals surface area (Å²) in [5.41, 5.74) is 0. The van der Waals surface area contributed by atoms with Crippen LogP contribution in [0.25, 0.3) is 0 Å². The molecule has 1 aliphatic heterocycles. The van der Waals surface area contributed by atoms with E-state index < -0.39 is 0 Å². The first-order valence-electron chi connectivity index (χ1n) is 3.73. The predicted octanol–water partition coefficient (Wildman–Crippen LogP) is 1.91. The van der Waals surface area contributed by atoms with Crippen molar-refractivity contribution in [2.24, 2.45) is 5.16 Å². The van der Waals surface area contributed by atoms with E-state index >= 15 is 0 Å². The van der Waals surface area contributed by atoms with Crippen molar-refractivity contribution < 1.29 is 5.21 Å². The van der Waals surface area contributed by atoms with Crippen LogP contribution >= 0.6 is 11.8 Å². The van der Waals surface area contributed by atoms with Gasteiger partial charge in [0.25, 0.3) is 0 Å². The average Bonchev–Trinajstić information content (AvgIpc) is 2.27. The van der Waals surface area contributed by atoms with Gasteiger partial charge in [-0.3, -0.25) is 0 Å². The fourth-order valence-electron chi connectivity index (χ4n) is 1.09. The minimum Gasteiger partial charge on any atom is -0.409 e. The Bertz CT molecular complexity index is 213. The summed E-state index contributed by atoms with van der Waals surface area (Å²) in [6.45, 7) is 8.36. The van der Waals surface area contributed by atoms with Crippen LogP contribution in [0.1, 0.15) is 13.8 Å². The molecule has 0 aromatic rings. The summed E-state index contributed by atoms with van der Waals surface area (Å²) in [5, 5.41) is 12.1. The Morgan fingerprint density at radius 3 is 3.00 bits per heavy atom. The topological polar surface area (TPSA) is 35.8 Å². The quantitative estimate of drug-likeness (QED) is 0.405. The van der Waals surface area contributed by atoms with Crippen LogP contribution in [0.5, 0.6) is 0 Å². The van der Waals surface area contributed by atoms with Gasteiger partial charge in [0.1, 0.15) is 5.88 Å². The Labute approximate surface area is 77.1 Å². The molecule has 1 fully saturated rings. The molecule has 1 heterocycles. The van der Waals surface area contributed by atoms with Crippen molar-refractivity contribution in [3.05, 3.63) is 18.5 Å². The monoisotopic (exact) mass is 185 g/mol. The van der Waals surface area contributed by atoms with Gasteiger partial charge < -0.3 is 10.1 Å². The second-order valence-corrected chi connectivity index (χ2v) is 4.57. The lowest BCUT2D eigenvalue weighted by Crippen LogP contribution is -2.34. The highest BCUT2D eigenvalue weighted by atomic mass is 32.2. The molecule has 0 bridgehead atoms. The van der Waals surface area contributed by atoms with Crippen molar-refractivity contribution in [1.82, 2.24) is 4.90 Å². The molecule has 1 aliphatic rings. The first-order valence-corrected chi connectivity index (χ1v) is 4.61. The van der Waals surface area contributed by atoms with E-state index in [9.17, 15) is 0 Å². The lowest BCUT2D eigenvalue weighted by atomic mass is 10.2. The molecule has 67 valence electrons. The largest absolute Gasteiger partial charge is 0.409 e. The number of amidine groups is 1. The zero-order chi connectivity index (χ0) is 9.19. The van der Waals surface area contributed by atoms with Crippen molar-refractivity contribution >= 4 is 17.6 Å². The van der Waals surface area contributed by atoms with Crippen LogP contribution in [-0.2, 0) is 0 Å². The van der Waals surface area contributed by atoms with Crippen LogP contribution in [0, 0.1) is 5.88 Å². The zero-order valence-corrected chi connectivity index (χ0v) is 8.14. The second-order valence-electron chi connectivity index (χ2n) is 3.10. The maximum absolute atomic E-state index is 8.78. The molecule has 1 rings (SSSR count). The van der Waals surface area contributed by atoms with Gasteiger partial charge in [-0.1, -0.05) is 11.2 Å². The van der Waals surface area contributed by atoms with E-state index in [0.29, 0.717) is 12.4 Å². The summed E-state index contributed by atoms with van der Waals surface area (Å²) < 4.78 is -0.127. The van der Waals surface area contributed by atoms with E-state index in [1.54, 1.807) is 17.8 Å². The average molecular weight is 185 g/mol. The first kappa shape index (κ1) is 9.45. The highest BCUT2D eigenvalue weighted by Gasteiger charge is 2.37. The molecule has 3 nitrogen and oxygen atoms in total.